The molecule has 0 aliphatic rings. The molecular formula is C15H19NO6. The van der Waals surface area contributed by atoms with Gasteiger partial charge >= 0.3 is 17.9 Å². The molecule has 0 fully saturated rings. The predicted molar refractivity (Wildman–Crippen MR) is 79.0 cm³/mol. The van der Waals surface area contributed by atoms with Gasteiger partial charge in [0.2, 0.25) is 0 Å². The highest BCUT2D eigenvalue weighted by molar-refractivity contribution is 5.72. The number of nitrogens with zero attached hydrogens (tertiary/aromatic N) is 1. The van der Waals surface area contributed by atoms with Crippen molar-refractivity contribution in [2.75, 3.05) is 18.0 Å². The normalized spacial score (nSPS) is 11.7. The van der Waals surface area contributed by atoms with Crippen LogP contribution in [0.15, 0.2) is 24.3 Å². The molecule has 0 bridgehead atoms. The number of rotatable bonds is 9. The van der Waals surface area contributed by atoms with Crippen LogP contribution < -0.4 is 4.90 Å². The van der Waals surface area contributed by atoms with E-state index in [0.717, 1.165) is 0 Å². The zero-order chi connectivity index (χ0) is 16.7. The van der Waals surface area contributed by atoms with E-state index in [1.807, 2.05) is 0 Å². The molecule has 0 radical (unpaired) electrons. The second-order valence-corrected chi connectivity index (χ2v) is 5.07. The summed E-state index contributed by atoms with van der Waals surface area (Å²) in [6.07, 6.45) is -0.204. The van der Waals surface area contributed by atoms with Gasteiger partial charge in [-0.3, -0.25) is 14.4 Å². The second kappa shape index (κ2) is 8.02. The van der Waals surface area contributed by atoms with E-state index in [1.54, 1.807) is 36.1 Å². The lowest BCUT2D eigenvalue weighted by Crippen LogP contribution is -2.33. The SMILES string of the molecule is CC(CN(CCC(=O)O)c1ccc(CC(=O)O)cc1)C(=O)O. The molecule has 1 aromatic carbocycles. The molecule has 1 rings (SSSR count). The molecule has 7 heteroatoms. The van der Waals surface area contributed by atoms with Crippen molar-refractivity contribution in [2.24, 2.45) is 5.92 Å². The van der Waals surface area contributed by atoms with Crippen LogP contribution in [0.4, 0.5) is 5.69 Å². The van der Waals surface area contributed by atoms with Crippen LogP contribution in [-0.2, 0) is 20.8 Å². The number of carboxylic acids is 3. The summed E-state index contributed by atoms with van der Waals surface area (Å²) in [4.78, 5) is 34.0. The largest absolute Gasteiger partial charge is 0.481 e. The van der Waals surface area contributed by atoms with E-state index < -0.39 is 23.8 Å². The van der Waals surface area contributed by atoms with Gasteiger partial charge < -0.3 is 20.2 Å². The number of hydrogen-bond donors (Lipinski definition) is 3. The van der Waals surface area contributed by atoms with Crippen LogP contribution in [-0.4, -0.2) is 46.3 Å². The van der Waals surface area contributed by atoms with Crippen LogP contribution >= 0.6 is 0 Å². The van der Waals surface area contributed by atoms with Gasteiger partial charge in [-0.25, -0.2) is 0 Å². The zero-order valence-corrected chi connectivity index (χ0v) is 12.2. The quantitative estimate of drug-likeness (QED) is 0.630. The zero-order valence-electron chi connectivity index (χ0n) is 12.2. The molecule has 0 spiro atoms. The third-order valence-corrected chi connectivity index (χ3v) is 3.17. The van der Waals surface area contributed by atoms with Gasteiger partial charge in [0.05, 0.1) is 18.8 Å². The maximum Gasteiger partial charge on any atom is 0.308 e. The first-order valence-corrected chi connectivity index (χ1v) is 6.80. The van der Waals surface area contributed by atoms with Crippen LogP contribution in [0.2, 0.25) is 0 Å². The third kappa shape index (κ3) is 5.82. The Bertz CT molecular complexity index is 539. The average molecular weight is 309 g/mol. The highest BCUT2D eigenvalue weighted by Gasteiger charge is 2.17. The standard InChI is InChI=1S/C15H19NO6/c1-10(15(21)22)9-16(7-6-13(17)18)12-4-2-11(3-5-12)8-14(19)20/h2-5,10H,6-9H2,1H3,(H,17,18)(H,19,20)(H,21,22). The molecule has 1 atom stereocenters. The molecule has 0 aliphatic heterocycles. The van der Waals surface area contributed by atoms with Gasteiger partial charge in [0.25, 0.3) is 0 Å². The Hall–Kier alpha value is -2.57. The molecule has 22 heavy (non-hydrogen) atoms. The minimum Gasteiger partial charge on any atom is -0.481 e. The van der Waals surface area contributed by atoms with E-state index in [9.17, 15) is 14.4 Å². The van der Waals surface area contributed by atoms with E-state index in [-0.39, 0.29) is 25.9 Å². The van der Waals surface area contributed by atoms with Gasteiger partial charge in [-0.05, 0) is 17.7 Å². The molecule has 0 saturated carbocycles. The fourth-order valence-corrected chi connectivity index (χ4v) is 1.96. The topological polar surface area (TPSA) is 115 Å². The first-order chi connectivity index (χ1) is 10.3. The summed E-state index contributed by atoms with van der Waals surface area (Å²) < 4.78 is 0. The lowest BCUT2D eigenvalue weighted by atomic mass is 10.1. The van der Waals surface area contributed by atoms with E-state index in [1.165, 1.54) is 0 Å². The van der Waals surface area contributed by atoms with Crippen LogP contribution in [0.1, 0.15) is 18.9 Å². The minimum absolute atomic E-state index is 0.0963. The smallest absolute Gasteiger partial charge is 0.308 e. The summed E-state index contributed by atoms with van der Waals surface area (Å²) in [5.74, 6) is -3.50. The summed E-state index contributed by atoms with van der Waals surface area (Å²) in [6.45, 7) is 1.92. The molecule has 7 nitrogen and oxygen atoms in total. The van der Waals surface area contributed by atoms with Crippen molar-refractivity contribution in [1.29, 1.82) is 0 Å². The molecule has 0 aromatic heterocycles. The maximum atomic E-state index is 11.0. The molecule has 1 aromatic rings. The summed E-state index contributed by atoms with van der Waals surface area (Å²) in [7, 11) is 0. The molecule has 3 N–H and O–H groups in total. The number of carboxylic acid groups (broad SMARTS) is 3. The molecule has 0 saturated heterocycles. The lowest BCUT2D eigenvalue weighted by Gasteiger charge is -2.26. The van der Waals surface area contributed by atoms with Crippen molar-refractivity contribution in [3.8, 4) is 0 Å². The fourth-order valence-electron chi connectivity index (χ4n) is 1.96. The van der Waals surface area contributed by atoms with Gasteiger partial charge in [0.15, 0.2) is 0 Å². The Morgan fingerprint density at radius 1 is 1.05 bits per heavy atom. The minimum atomic E-state index is -0.963. The molecule has 0 amide bonds. The van der Waals surface area contributed by atoms with Crippen LogP contribution in [0.5, 0.6) is 0 Å². The van der Waals surface area contributed by atoms with Gasteiger partial charge in [-0.2, -0.15) is 0 Å². The van der Waals surface area contributed by atoms with Crippen molar-refractivity contribution in [3.63, 3.8) is 0 Å². The molecular weight excluding hydrogens is 290 g/mol. The Labute approximate surface area is 127 Å². The Kier molecular flexibility index (Phi) is 6.37. The number of anilines is 1. The van der Waals surface area contributed by atoms with Gasteiger partial charge in [0.1, 0.15) is 0 Å². The van der Waals surface area contributed by atoms with E-state index in [0.29, 0.717) is 11.3 Å². The van der Waals surface area contributed by atoms with Crippen molar-refractivity contribution < 1.29 is 29.7 Å². The Morgan fingerprint density at radius 3 is 2.09 bits per heavy atom. The van der Waals surface area contributed by atoms with E-state index in [2.05, 4.69) is 0 Å². The molecule has 1 unspecified atom stereocenters. The van der Waals surface area contributed by atoms with Gasteiger partial charge in [-0.15, -0.1) is 0 Å². The van der Waals surface area contributed by atoms with Gasteiger partial charge in [0, 0.05) is 18.8 Å². The number of aliphatic carboxylic acids is 3. The van der Waals surface area contributed by atoms with Crippen LogP contribution in [0.25, 0.3) is 0 Å². The number of hydrogen-bond acceptors (Lipinski definition) is 4. The maximum absolute atomic E-state index is 11.0. The Balaban J connectivity index is 2.86. The van der Waals surface area contributed by atoms with Crippen molar-refractivity contribution >= 4 is 23.6 Å². The highest BCUT2D eigenvalue weighted by Crippen LogP contribution is 2.18. The fraction of sp³-hybridized carbons (Fsp3) is 0.400. The summed E-state index contributed by atoms with van der Waals surface area (Å²) in [5.41, 5.74) is 1.30. The molecule has 120 valence electrons. The number of benzene rings is 1. The van der Waals surface area contributed by atoms with Crippen molar-refractivity contribution in [1.82, 2.24) is 0 Å². The third-order valence-electron chi connectivity index (χ3n) is 3.17. The molecule has 0 heterocycles. The molecule has 0 aliphatic carbocycles. The van der Waals surface area contributed by atoms with Crippen molar-refractivity contribution in [3.05, 3.63) is 29.8 Å². The summed E-state index contributed by atoms with van der Waals surface area (Å²) in [5, 5.41) is 26.5. The average Bonchev–Trinajstić information content (AvgIpc) is 2.43. The second-order valence-electron chi connectivity index (χ2n) is 5.07. The van der Waals surface area contributed by atoms with Crippen LogP contribution in [0, 0.1) is 5.92 Å². The predicted octanol–water partition coefficient (Wildman–Crippen LogP) is 1.32. The monoisotopic (exact) mass is 309 g/mol. The van der Waals surface area contributed by atoms with Crippen LogP contribution in [0.3, 0.4) is 0 Å². The first kappa shape index (κ1) is 17.5. The van der Waals surface area contributed by atoms with E-state index >= 15 is 0 Å². The van der Waals surface area contributed by atoms with Gasteiger partial charge in [-0.1, -0.05) is 19.1 Å². The highest BCUT2D eigenvalue weighted by atomic mass is 16.4. The van der Waals surface area contributed by atoms with E-state index in [4.69, 9.17) is 15.3 Å². The summed E-state index contributed by atoms with van der Waals surface area (Å²) in [6, 6.07) is 6.63. The summed E-state index contributed by atoms with van der Waals surface area (Å²) >= 11 is 0. The van der Waals surface area contributed by atoms with Crippen molar-refractivity contribution in [2.45, 2.75) is 19.8 Å². The Morgan fingerprint density at radius 2 is 1.64 bits per heavy atom. The first-order valence-electron chi connectivity index (χ1n) is 6.80. The number of carbonyl (C=O) groups is 3. The lowest BCUT2D eigenvalue weighted by molar-refractivity contribution is -0.141.